The molecule has 0 nitrogen and oxygen atoms in total. The van der Waals surface area contributed by atoms with Gasteiger partial charge in [-0.25, -0.2) is 13.2 Å². The van der Waals surface area contributed by atoms with Crippen LogP contribution in [0.4, 0.5) is 13.2 Å². The van der Waals surface area contributed by atoms with E-state index in [1.807, 2.05) is 0 Å². The van der Waals surface area contributed by atoms with Crippen molar-refractivity contribution < 1.29 is 13.2 Å². The van der Waals surface area contributed by atoms with Crippen molar-refractivity contribution in [3.8, 4) is 0 Å². The first-order valence-electron chi connectivity index (χ1n) is 6.74. The number of hydrogen-bond acceptors (Lipinski definition) is 0. The summed E-state index contributed by atoms with van der Waals surface area (Å²) >= 11 is 0. The lowest BCUT2D eigenvalue weighted by atomic mass is 9.92. The summed E-state index contributed by atoms with van der Waals surface area (Å²) in [5.41, 5.74) is -0.498. The molecule has 1 saturated carbocycles. The number of benzene rings is 1. The Hall–Kier alpha value is -0.990. The van der Waals surface area contributed by atoms with E-state index in [-0.39, 0.29) is 11.5 Å². The van der Waals surface area contributed by atoms with Crippen molar-refractivity contribution in [1.82, 2.24) is 0 Å². The molecule has 2 unspecified atom stereocenters. The van der Waals surface area contributed by atoms with E-state index in [0.29, 0.717) is 17.4 Å². The first-order valence-corrected chi connectivity index (χ1v) is 6.74. The van der Waals surface area contributed by atoms with Crippen LogP contribution < -0.4 is 0 Å². The topological polar surface area (TPSA) is 0 Å². The standard InChI is InChI=1S/C16H21F3/c1-9-10(2)14(9)11-6-12(15(3,4)17)8-13(7-11)16(5,18)19/h6-10,14H,1-5H3. The molecule has 0 amide bonds. The monoisotopic (exact) mass is 270 g/mol. The van der Waals surface area contributed by atoms with Crippen LogP contribution in [0.2, 0.25) is 0 Å². The van der Waals surface area contributed by atoms with E-state index >= 15 is 0 Å². The molecule has 1 aliphatic rings. The molecule has 0 spiro atoms. The molecule has 2 rings (SSSR count). The van der Waals surface area contributed by atoms with Crippen molar-refractivity contribution in [2.75, 3.05) is 0 Å². The van der Waals surface area contributed by atoms with E-state index < -0.39 is 11.6 Å². The zero-order valence-electron chi connectivity index (χ0n) is 12.1. The number of hydrogen-bond donors (Lipinski definition) is 0. The minimum atomic E-state index is -2.93. The second kappa shape index (κ2) is 4.26. The summed E-state index contributed by atoms with van der Waals surface area (Å²) in [6, 6.07) is 4.58. The maximum atomic E-state index is 14.1. The maximum absolute atomic E-state index is 14.1. The number of halogens is 3. The minimum Gasteiger partial charge on any atom is -0.239 e. The van der Waals surface area contributed by atoms with Crippen LogP contribution in [0, 0.1) is 11.8 Å². The summed E-state index contributed by atoms with van der Waals surface area (Å²) in [6.07, 6.45) is 0. The molecule has 0 radical (unpaired) electrons. The van der Waals surface area contributed by atoms with Crippen molar-refractivity contribution >= 4 is 0 Å². The number of alkyl halides is 3. The molecule has 1 aromatic rings. The Labute approximate surface area is 113 Å². The van der Waals surface area contributed by atoms with Crippen LogP contribution in [0.5, 0.6) is 0 Å². The first-order chi connectivity index (χ1) is 8.51. The minimum absolute atomic E-state index is 0.0861. The van der Waals surface area contributed by atoms with Gasteiger partial charge in [-0.2, -0.15) is 0 Å². The first kappa shape index (κ1) is 14.4. The van der Waals surface area contributed by atoms with Crippen LogP contribution in [0.3, 0.4) is 0 Å². The predicted octanol–water partition coefficient (Wildman–Crippen LogP) is 5.37. The summed E-state index contributed by atoms with van der Waals surface area (Å²) in [4.78, 5) is 0. The maximum Gasteiger partial charge on any atom is 0.270 e. The van der Waals surface area contributed by atoms with E-state index in [1.165, 1.54) is 19.9 Å². The van der Waals surface area contributed by atoms with Gasteiger partial charge in [-0.3, -0.25) is 0 Å². The Balaban J connectivity index is 2.50. The highest BCUT2D eigenvalue weighted by molar-refractivity contribution is 5.39. The normalized spacial score (nSPS) is 27.5. The van der Waals surface area contributed by atoms with E-state index in [2.05, 4.69) is 13.8 Å². The largest absolute Gasteiger partial charge is 0.270 e. The molecule has 19 heavy (non-hydrogen) atoms. The zero-order chi connectivity index (χ0) is 14.6. The molecule has 1 fully saturated rings. The Kier molecular flexibility index (Phi) is 3.23. The Morgan fingerprint density at radius 2 is 1.32 bits per heavy atom. The molecular weight excluding hydrogens is 249 g/mol. The molecule has 106 valence electrons. The summed E-state index contributed by atoms with van der Waals surface area (Å²) in [6.45, 7) is 7.88. The lowest BCUT2D eigenvalue weighted by molar-refractivity contribution is 0.0171. The van der Waals surface area contributed by atoms with Gasteiger partial charge in [-0.15, -0.1) is 0 Å². The smallest absolute Gasteiger partial charge is 0.239 e. The van der Waals surface area contributed by atoms with Crippen molar-refractivity contribution in [2.24, 2.45) is 11.8 Å². The molecule has 1 aliphatic carbocycles. The van der Waals surface area contributed by atoms with Gasteiger partial charge in [-0.1, -0.05) is 19.9 Å². The van der Waals surface area contributed by atoms with Crippen LogP contribution in [0.15, 0.2) is 18.2 Å². The molecule has 0 N–H and O–H groups in total. The molecule has 0 aliphatic heterocycles. The average molecular weight is 270 g/mol. The Bertz CT molecular complexity index is 439. The van der Waals surface area contributed by atoms with Gasteiger partial charge in [-0.05, 0) is 54.9 Å². The van der Waals surface area contributed by atoms with Gasteiger partial charge in [0.15, 0.2) is 0 Å². The lowest BCUT2D eigenvalue weighted by Gasteiger charge is -2.20. The van der Waals surface area contributed by atoms with Gasteiger partial charge in [0.1, 0.15) is 5.67 Å². The fraction of sp³-hybridized carbons (Fsp3) is 0.625. The number of rotatable bonds is 3. The third-order valence-corrected chi connectivity index (χ3v) is 4.35. The van der Waals surface area contributed by atoms with Gasteiger partial charge in [0, 0.05) is 12.5 Å². The Morgan fingerprint density at radius 3 is 1.68 bits per heavy atom. The molecule has 3 heteroatoms. The lowest BCUT2D eigenvalue weighted by Crippen LogP contribution is -2.14. The van der Waals surface area contributed by atoms with Crippen molar-refractivity contribution in [3.05, 3.63) is 34.9 Å². The van der Waals surface area contributed by atoms with E-state index in [9.17, 15) is 13.2 Å². The van der Waals surface area contributed by atoms with Gasteiger partial charge < -0.3 is 0 Å². The van der Waals surface area contributed by atoms with E-state index in [1.54, 1.807) is 12.1 Å². The summed E-state index contributed by atoms with van der Waals surface area (Å²) in [5, 5.41) is 0. The van der Waals surface area contributed by atoms with Crippen LogP contribution >= 0.6 is 0 Å². The van der Waals surface area contributed by atoms with E-state index in [0.717, 1.165) is 12.5 Å². The molecular formula is C16H21F3. The highest BCUT2D eigenvalue weighted by Crippen LogP contribution is 2.54. The summed E-state index contributed by atoms with van der Waals surface area (Å²) in [7, 11) is 0. The second-order valence-electron chi connectivity index (χ2n) is 6.45. The van der Waals surface area contributed by atoms with E-state index in [4.69, 9.17) is 0 Å². The van der Waals surface area contributed by atoms with Crippen LogP contribution in [-0.4, -0.2) is 0 Å². The molecule has 0 aromatic heterocycles. The fourth-order valence-corrected chi connectivity index (χ4v) is 2.71. The molecule has 0 heterocycles. The zero-order valence-corrected chi connectivity index (χ0v) is 12.1. The van der Waals surface area contributed by atoms with Crippen LogP contribution in [0.25, 0.3) is 0 Å². The van der Waals surface area contributed by atoms with Crippen LogP contribution in [0.1, 0.15) is 57.2 Å². The highest BCUT2D eigenvalue weighted by atomic mass is 19.3. The average Bonchev–Trinajstić information content (AvgIpc) is 2.83. The van der Waals surface area contributed by atoms with Gasteiger partial charge >= 0.3 is 0 Å². The molecule has 2 atom stereocenters. The fourth-order valence-electron chi connectivity index (χ4n) is 2.71. The molecule has 1 aromatic carbocycles. The van der Waals surface area contributed by atoms with Crippen molar-refractivity contribution in [2.45, 2.75) is 52.1 Å². The van der Waals surface area contributed by atoms with Gasteiger partial charge in [0.05, 0.1) is 0 Å². The molecule has 0 saturated heterocycles. The Morgan fingerprint density at radius 1 is 0.842 bits per heavy atom. The third kappa shape index (κ3) is 2.80. The van der Waals surface area contributed by atoms with Gasteiger partial charge in [0.2, 0.25) is 0 Å². The predicted molar refractivity (Wildman–Crippen MR) is 71.2 cm³/mol. The second-order valence-corrected chi connectivity index (χ2v) is 6.45. The SMILES string of the molecule is CC1C(C)C1c1cc(C(C)(C)F)cc(C(C)(F)F)c1. The summed E-state index contributed by atoms with van der Waals surface area (Å²) < 4.78 is 41.2. The van der Waals surface area contributed by atoms with Crippen LogP contribution in [-0.2, 0) is 11.6 Å². The molecule has 0 bridgehead atoms. The summed E-state index contributed by atoms with van der Waals surface area (Å²) in [5.74, 6) is -1.69. The van der Waals surface area contributed by atoms with Crippen molar-refractivity contribution in [1.29, 1.82) is 0 Å². The quantitative estimate of drug-likeness (QED) is 0.692. The highest BCUT2D eigenvalue weighted by Gasteiger charge is 2.44. The van der Waals surface area contributed by atoms with Gasteiger partial charge in [0.25, 0.3) is 5.92 Å². The van der Waals surface area contributed by atoms with Crippen molar-refractivity contribution in [3.63, 3.8) is 0 Å². The third-order valence-electron chi connectivity index (χ3n) is 4.35.